The van der Waals surface area contributed by atoms with Crippen molar-refractivity contribution in [3.8, 4) is 11.3 Å². The van der Waals surface area contributed by atoms with Crippen LogP contribution in [0.15, 0.2) is 15.9 Å². The normalized spacial score (nSPS) is 10.6. The Morgan fingerprint density at radius 3 is 2.88 bits per heavy atom. The molecule has 5 heteroatoms. The zero-order valence-corrected chi connectivity index (χ0v) is 9.80. The van der Waals surface area contributed by atoms with Gasteiger partial charge in [-0.05, 0) is 19.9 Å². The third-order valence-electron chi connectivity index (χ3n) is 2.17. The summed E-state index contributed by atoms with van der Waals surface area (Å²) in [6.07, 6.45) is -0.0272. The summed E-state index contributed by atoms with van der Waals surface area (Å²) in [6, 6.07) is 1.91. The molecule has 0 fully saturated rings. The van der Waals surface area contributed by atoms with E-state index in [2.05, 4.69) is 4.98 Å². The van der Waals surface area contributed by atoms with E-state index in [-0.39, 0.29) is 6.42 Å². The van der Waals surface area contributed by atoms with Crippen molar-refractivity contribution in [1.82, 2.24) is 4.98 Å². The van der Waals surface area contributed by atoms with E-state index in [1.807, 2.05) is 25.3 Å². The fourth-order valence-electron chi connectivity index (χ4n) is 1.53. The van der Waals surface area contributed by atoms with Crippen molar-refractivity contribution in [2.24, 2.45) is 0 Å². The first-order chi connectivity index (χ1) is 7.56. The minimum Gasteiger partial charge on any atom is -0.481 e. The Balaban J connectivity index is 2.31. The number of nitrogens with zero attached hydrogens (tertiary/aromatic N) is 1. The van der Waals surface area contributed by atoms with Gasteiger partial charge in [-0.25, -0.2) is 4.98 Å². The second-order valence-corrected chi connectivity index (χ2v) is 4.47. The molecule has 2 rings (SSSR count). The SMILES string of the molecule is Cc1cc(-c2csc(CC(=O)O)n2)c(C)o1. The minimum atomic E-state index is -0.860. The number of furan rings is 1. The first-order valence-corrected chi connectivity index (χ1v) is 5.68. The monoisotopic (exact) mass is 237 g/mol. The highest BCUT2D eigenvalue weighted by atomic mass is 32.1. The van der Waals surface area contributed by atoms with Gasteiger partial charge in [-0.3, -0.25) is 4.79 Å². The van der Waals surface area contributed by atoms with Gasteiger partial charge in [0.2, 0.25) is 0 Å². The Hall–Kier alpha value is -1.62. The van der Waals surface area contributed by atoms with Crippen LogP contribution >= 0.6 is 11.3 Å². The van der Waals surface area contributed by atoms with Gasteiger partial charge in [0.05, 0.1) is 12.1 Å². The molecule has 2 aromatic rings. The fourth-order valence-corrected chi connectivity index (χ4v) is 2.32. The summed E-state index contributed by atoms with van der Waals surface area (Å²) >= 11 is 1.36. The van der Waals surface area contributed by atoms with E-state index < -0.39 is 5.97 Å². The van der Waals surface area contributed by atoms with Crippen molar-refractivity contribution in [3.05, 3.63) is 28.0 Å². The highest BCUT2D eigenvalue weighted by Crippen LogP contribution is 2.27. The second kappa shape index (κ2) is 4.09. The van der Waals surface area contributed by atoms with Crippen LogP contribution in [0.1, 0.15) is 16.5 Å². The van der Waals surface area contributed by atoms with Crippen molar-refractivity contribution >= 4 is 17.3 Å². The van der Waals surface area contributed by atoms with E-state index in [0.29, 0.717) is 5.01 Å². The molecular weight excluding hydrogens is 226 g/mol. The number of aryl methyl sites for hydroxylation is 2. The van der Waals surface area contributed by atoms with Crippen LogP contribution < -0.4 is 0 Å². The maximum absolute atomic E-state index is 10.5. The molecule has 0 unspecified atom stereocenters. The van der Waals surface area contributed by atoms with Crippen LogP contribution in [-0.4, -0.2) is 16.1 Å². The van der Waals surface area contributed by atoms with Gasteiger partial charge in [-0.2, -0.15) is 0 Å². The quantitative estimate of drug-likeness (QED) is 0.891. The molecule has 0 radical (unpaired) electrons. The second-order valence-electron chi connectivity index (χ2n) is 3.52. The number of thiazole rings is 1. The molecule has 0 aliphatic heterocycles. The number of hydrogen-bond acceptors (Lipinski definition) is 4. The average Bonchev–Trinajstić information content (AvgIpc) is 2.72. The maximum atomic E-state index is 10.5. The van der Waals surface area contributed by atoms with Crippen molar-refractivity contribution < 1.29 is 14.3 Å². The molecular formula is C11H11NO3S. The van der Waals surface area contributed by atoms with Gasteiger partial charge in [-0.1, -0.05) is 0 Å². The van der Waals surface area contributed by atoms with Crippen LogP contribution in [-0.2, 0) is 11.2 Å². The lowest BCUT2D eigenvalue weighted by Crippen LogP contribution is -1.99. The predicted molar refractivity (Wildman–Crippen MR) is 60.6 cm³/mol. The van der Waals surface area contributed by atoms with Crippen LogP contribution in [0.3, 0.4) is 0 Å². The molecule has 0 amide bonds. The Kier molecular flexibility index (Phi) is 2.78. The molecule has 0 saturated heterocycles. The van der Waals surface area contributed by atoms with E-state index >= 15 is 0 Å². The van der Waals surface area contributed by atoms with Crippen molar-refractivity contribution in [3.63, 3.8) is 0 Å². The lowest BCUT2D eigenvalue weighted by atomic mass is 10.2. The molecule has 4 nitrogen and oxygen atoms in total. The number of aliphatic carboxylic acids is 1. The standard InChI is InChI=1S/C11H11NO3S/c1-6-3-8(7(2)15-6)9-5-16-10(12-9)4-11(13)14/h3,5H,4H2,1-2H3,(H,13,14). The summed E-state index contributed by atoms with van der Waals surface area (Å²) in [5.74, 6) is 0.783. The summed E-state index contributed by atoms with van der Waals surface area (Å²) in [6.45, 7) is 3.75. The van der Waals surface area contributed by atoms with Gasteiger partial charge >= 0.3 is 5.97 Å². The third-order valence-corrected chi connectivity index (χ3v) is 3.02. The number of carbonyl (C=O) groups is 1. The van der Waals surface area contributed by atoms with E-state index in [4.69, 9.17) is 9.52 Å². The van der Waals surface area contributed by atoms with Crippen molar-refractivity contribution in [1.29, 1.82) is 0 Å². The summed E-state index contributed by atoms with van der Waals surface area (Å²) in [5, 5.41) is 11.1. The molecule has 16 heavy (non-hydrogen) atoms. The average molecular weight is 237 g/mol. The summed E-state index contributed by atoms with van der Waals surface area (Å²) in [7, 11) is 0. The van der Waals surface area contributed by atoms with E-state index in [9.17, 15) is 4.79 Å². The highest BCUT2D eigenvalue weighted by Gasteiger charge is 2.12. The predicted octanol–water partition coefficient (Wildman–Crippen LogP) is 2.65. The smallest absolute Gasteiger partial charge is 0.310 e. The molecule has 2 heterocycles. The van der Waals surface area contributed by atoms with Gasteiger partial charge in [0, 0.05) is 10.9 Å². The number of hydrogen-bond donors (Lipinski definition) is 1. The lowest BCUT2D eigenvalue weighted by molar-refractivity contribution is -0.136. The molecule has 2 aromatic heterocycles. The number of carboxylic acids is 1. The van der Waals surface area contributed by atoms with Gasteiger partial charge in [0.15, 0.2) is 0 Å². The minimum absolute atomic E-state index is 0.0272. The fraction of sp³-hybridized carbons (Fsp3) is 0.273. The van der Waals surface area contributed by atoms with Gasteiger partial charge in [0.25, 0.3) is 0 Å². The molecule has 0 saturated carbocycles. The van der Waals surface area contributed by atoms with E-state index in [1.54, 1.807) is 0 Å². The Morgan fingerprint density at radius 2 is 2.31 bits per heavy atom. The lowest BCUT2D eigenvalue weighted by Gasteiger charge is -1.91. The highest BCUT2D eigenvalue weighted by molar-refractivity contribution is 7.10. The Labute approximate surface area is 96.6 Å². The molecule has 0 aliphatic rings. The molecule has 1 N–H and O–H groups in total. The topological polar surface area (TPSA) is 63.3 Å². The van der Waals surface area contributed by atoms with Crippen LogP contribution in [0, 0.1) is 13.8 Å². The molecule has 0 aliphatic carbocycles. The maximum Gasteiger partial charge on any atom is 0.310 e. The molecule has 84 valence electrons. The summed E-state index contributed by atoms with van der Waals surface area (Å²) in [4.78, 5) is 14.8. The zero-order chi connectivity index (χ0) is 11.7. The number of rotatable bonds is 3. The van der Waals surface area contributed by atoms with Crippen molar-refractivity contribution in [2.75, 3.05) is 0 Å². The first kappa shape index (κ1) is 10.9. The van der Waals surface area contributed by atoms with Crippen LogP contribution in [0.4, 0.5) is 0 Å². The molecule has 0 bridgehead atoms. The largest absolute Gasteiger partial charge is 0.481 e. The van der Waals surface area contributed by atoms with Crippen LogP contribution in [0.25, 0.3) is 11.3 Å². The summed E-state index contributed by atoms with van der Waals surface area (Å²) in [5.41, 5.74) is 1.72. The molecule has 0 atom stereocenters. The van der Waals surface area contributed by atoms with E-state index in [1.165, 1.54) is 11.3 Å². The Bertz CT molecular complexity index is 527. The summed E-state index contributed by atoms with van der Waals surface area (Å²) < 4.78 is 5.41. The van der Waals surface area contributed by atoms with E-state index in [0.717, 1.165) is 22.8 Å². The van der Waals surface area contributed by atoms with Crippen molar-refractivity contribution in [2.45, 2.75) is 20.3 Å². The van der Waals surface area contributed by atoms with Gasteiger partial charge < -0.3 is 9.52 Å². The number of aromatic nitrogens is 1. The molecule has 0 spiro atoms. The van der Waals surface area contributed by atoms with Crippen LogP contribution in [0.2, 0.25) is 0 Å². The van der Waals surface area contributed by atoms with Gasteiger partial charge in [-0.15, -0.1) is 11.3 Å². The number of carboxylic acid groups (broad SMARTS) is 1. The first-order valence-electron chi connectivity index (χ1n) is 4.80. The molecule has 0 aromatic carbocycles. The van der Waals surface area contributed by atoms with Crippen LogP contribution in [0.5, 0.6) is 0 Å². The zero-order valence-electron chi connectivity index (χ0n) is 8.98. The van der Waals surface area contributed by atoms with Gasteiger partial charge in [0.1, 0.15) is 16.5 Å². The Morgan fingerprint density at radius 1 is 1.56 bits per heavy atom. The third kappa shape index (κ3) is 2.14.